The van der Waals surface area contributed by atoms with Crippen molar-refractivity contribution >= 4 is 16.6 Å². The van der Waals surface area contributed by atoms with E-state index in [1.165, 1.54) is 5.56 Å². The fraction of sp³-hybridized carbons (Fsp3) is 0.250. The second-order valence-corrected chi connectivity index (χ2v) is 6.11. The number of hydrogen-bond donors (Lipinski definition) is 2. The largest absolute Gasteiger partial charge is 0.486 e. The Kier molecular flexibility index (Phi) is 4.06. The van der Waals surface area contributed by atoms with Crippen LogP contribution in [0.25, 0.3) is 10.9 Å². The lowest BCUT2D eigenvalue weighted by atomic mass is 10.1. The summed E-state index contributed by atoms with van der Waals surface area (Å²) in [6, 6.07) is 13.8. The molecule has 3 aromatic rings. The first-order chi connectivity index (χ1) is 12.2. The van der Waals surface area contributed by atoms with Crippen molar-refractivity contribution in [1.29, 1.82) is 0 Å². The second kappa shape index (κ2) is 6.51. The first-order valence-corrected chi connectivity index (χ1v) is 8.51. The Morgan fingerprint density at radius 3 is 2.72 bits per heavy atom. The topological polar surface area (TPSA) is 63.4 Å². The predicted octanol–water partition coefficient (Wildman–Crippen LogP) is 3.47. The van der Waals surface area contributed by atoms with E-state index in [2.05, 4.69) is 23.3 Å². The summed E-state index contributed by atoms with van der Waals surface area (Å²) in [5.74, 6) is 1.49. The number of H-pyrrole nitrogens is 1. The highest BCUT2D eigenvalue weighted by Crippen LogP contribution is 2.32. The smallest absolute Gasteiger partial charge is 0.253 e. The number of nitrogens with one attached hydrogen (secondary N) is 2. The fourth-order valence-corrected chi connectivity index (χ4v) is 3.00. The number of ether oxygens (including phenoxy) is 2. The lowest BCUT2D eigenvalue weighted by Crippen LogP contribution is -2.17. The minimum atomic E-state index is -0.0678. The Labute approximate surface area is 145 Å². The molecule has 0 bridgehead atoms. The molecule has 128 valence electrons. The zero-order valence-corrected chi connectivity index (χ0v) is 14.1. The van der Waals surface area contributed by atoms with E-state index in [0.717, 1.165) is 34.5 Å². The van der Waals surface area contributed by atoms with Crippen molar-refractivity contribution in [3.05, 3.63) is 63.9 Å². The van der Waals surface area contributed by atoms with E-state index in [1.807, 2.05) is 36.4 Å². The van der Waals surface area contributed by atoms with E-state index in [9.17, 15) is 4.79 Å². The van der Waals surface area contributed by atoms with Crippen LogP contribution in [0.3, 0.4) is 0 Å². The number of hydrogen-bond acceptors (Lipinski definition) is 4. The lowest BCUT2D eigenvalue weighted by Gasteiger charge is -2.19. The molecule has 0 atom stereocenters. The number of anilines is 1. The monoisotopic (exact) mass is 336 g/mol. The molecular formula is C20H20N2O3. The minimum Gasteiger partial charge on any atom is -0.486 e. The van der Waals surface area contributed by atoms with Crippen molar-refractivity contribution in [3.8, 4) is 11.5 Å². The van der Waals surface area contributed by atoms with Gasteiger partial charge in [-0.3, -0.25) is 4.79 Å². The molecule has 0 radical (unpaired) electrons. The Morgan fingerprint density at radius 1 is 1.04 bits per heavy atom. The standard InChI is InChI=1S/C20H20N2O3/c1-2-13-3-5-17-14(9-13)10-15(20(23)22-17)12-21-16-4-6-18-19(11-16)25-8-7-24-18/h3-6,9-11,21H,2,7-8,12H2,1H3,(H,22,23). The van der Waals surface area contributed by atoms with Crippen LogP contribution in [0.4, 0.5) is 5.69 Å². The third-order valence-corrected chi connectivity index (χ3v) is 4.42. The average molecular weight is 336 g/mol. The summed E-state index contributed by atoms with van der Waals surface area (Å²) in [6.45, 7) is 3.70. The third-order valence-electron chi connectivity index (χ3n) is 4.42. The molecule has 1 aliphatic rings. The SMILES string of the molecule is CCc1ccc2[nH]c(=O)c(CNc3ccc4c(c3)OCCO4)cc2c1. The van der Waals surface area contributed by atoms with Crippen LogP contribution in [-0.2, 0) is 13.0 Å². The first kappa shape index (κ1) is 15.6. The summed E-state index contributed by atoms with van der Waals surface area (Å²) in [5, 5.41) is 4.34. The quantitative estimate of drug-likeness (QED) is 0.766. The normalized spacial score (nSPS) is 13.0. The first-order valence-electron chi connectivity index (χ1n) is 8.51. The molecule has 2 aromatic carbocycles. The molecule has 0 unspecified atom stereocenters. The highest BCUT2D eigenvalue weighted by atomic mass is 16.6. The number of benzene rings is 2. The predicted molar refractivity (Wildman–Crippen MR) is 98.7 cm³/mol. The Morgan fingerprint density at radius 2 is 1.88 bits per heavy atom. The van der Waals surface area contributed by atoms with Gasteiger partial charge in [-0.2, -0.15) is 0 Å². The van der Waals surface area contributed by atoms with Gasteiger partial charge in [0.25, 0.3) is 5.56 Å². The molecule has 0 aliphatic carbocycles. The third kappa shape index (κ3) is 3.18. The van der Waals surface area contributed by atoms with Crippen LogP contribution in [0.1, 0.15) is 18.1 Å². The van der Waals surface area contributed by atoms with Crippen LogP contribution in [0.2, 0.25) is 0 Å². The van der Waals surface area contributed by atoms with Crippen LogP contribution in [0, 0.1) is 0 Å². The molecule has 2 heterocycles. The van der Waals surface area contributed by atoms with Gasteiger partial charge in [0.15, 0.2) is 11.5 Å². The number of fused-ring (bicyclic) bond motifs is 2. The molecule has 0 fully saturated rings. The van der Waals surface area contributed by atoms with Gasteiger partial charge in [-0.1, -0.05) is 13.0 Å². The van der Waals surface area contributed by atoms with Crippen molar-refractivity contribution in [1.82, 2.24) is 4.98 Å². The molecule has 25 heavy (non-hydrogen) atoms. The van der Waals surface area contributed by atoms with Gasteiger partial charge in [0.2, 0.25) is 0 Å². The zero-order valence-electron chi connectivity index (χ0n) is 14.1. The summed E-state index contributed by atoms with van der Waals surface area (Å²) in [4.78, 5) is 15.3. The lowest BCUT2D eigenvalue weighted by molar-refractivity contribution is 0.171. The minimum absolute atomic E-state index is 0.0678. The maximum absolute atomic E-state index is 12.3. The summed E-state index contributed by atoms with van der Waals surface area (Å²) >= 11 is 0. The number of aromatic nitrogens is 1. The molecule has 0 saturated carbocycles. The Bertz CT molecular complexity index is 978. The van der Waals surface area contributed by atoms with Gasteiger partial charge in [-0.15, -0.1) is 0 Å². The average Bonchev–Trinajstić information content (AvgIpc) is 2.65. The molecule has 1 aromatic heterocycles. The van der Waals surface area contributed by atoms with Crippen LogP contribution in [0.15, 0.2) is 47.3 Å². The Balaban J connectivity index is 1.58. The van der Waals surface area contributed by atoms with E-state index in [0.29, 0.717) is 25.3 Å². The molecule has 5 nitrogen and oxygen atoms in total. The highest BCUT2D eigenvalue weighted by molar-refractivity contribution is 5.79. The summed E-state index contributed by atoms with van der Waals surface area (Å²) in [6.07, 6.45) is 0.972. The maximum Gasteiger partial charge on any atom is 0.253 e. The van der Waals surface area contributed by atoms with Gasteiger partial charge in [-0.25, -0.2) is 0 Å². The van der Waals surface area contributed by atoms with Crippen LogP contribution < -0.4 is 20.3 Å². The van der Waals surface area contributed by atoms with E-state index < -0.39 is 0 Å². The van der Waals surface area contributed by atoms with Crippen LogP contribution >= 0.6 is 0 Å². The van der Waals surface area contributed by atoms with Crippen molar-refractivity contribution < 1.29 is 9.47 Å². The molecular weight excluding hydrogens is 316 g/mol. The van der Waals surface area contributed by atoms with Crippen molar-refractivity contribution in [2.75, 3.05) is 18.5 Å². The van der Waals surface area contributed by atoms with Gasteiger partial charge in [-0.05, 0) is 47.7 Å². The van der Waals surface area contributed by atoms with E-state index in [1.54, 1.807) is 0 Å². The van der Waals surface area contributed by atoms with Crippen molar-refractivity contribution in [2.24, 2.45) is 0 Å². The number of rotatable bonds is 4. The zero-order chi connectivity index (χ0) is 17.2. The highest BCUT2D eigenvalue weighted by Gasteiger charge is 2.12. The van der Waals surface area contributed by atoms with Crippen LogP contribution in [0.5, 0.6) is 11.5 Å². The van der Waals surface area contributed by atoms with E-state index >= 15 is 0 Å². The number of pyridine rings is 1. The van der Waals surface area contributed by atoms with Gasteiger partial charge in [0.05, 0.1) is 0 Å². The second-order valence-electron chi connectivity index (χ2n) is 6.11. The maximum atomic E-state index is 12.3. The molecule has 5 heteroatoms. The number of aryl methyl sites for hydroxylation is 1. The molecule has 4 rings (SSSR count). The summed E-state index contributed by atoms with van der Waals surface area (Å²) < 4.78 is 11.1. The summed E-state index contributed by atoms with van der Waals surface area (Å²) in [5.41, 5.74) is 3.65. The number of aromatic amines is 1. The Hall–Kier alpha value is -2.95. The van der Waals surface area contributed by atoms with Crippen molar-refractivity contribution in [2.45, 2.75) is 19.9 Å². The van der Waals surface area contributed by atoms with Gasteiger partial charge in [0, 0.05) is 29.4 Å². The van der Waals surface area contributed by atoms with Gasteiger partial charge in [0.1, 0.15) is 13.2 Å². The molecule has 2 N–H and O–H groups in total. The summed E-state index contributed by atoms with van der Waals surface area (Å²) in [7, 11) is 0. The fourth-order valence-electron chi connectivity index (χ4n) is 3.00. The molecule has 0 amide bonds. The van der Waals surface area contributed by atoms with Crippen LogP contribution in [-0.4, -0.2) is 18.2 Å². The molecule has 1 aliphatic heterocycles. The van der Waals surface area contributed by atoms with E-state index in [4.69, 9.17) is 9.47 Å². The molecule has 0 saturated heterocycles. The van der Waals surface area contributed by atoms with Gasteiger partial charge >= 0.3 is 0 Å². The molecule has 0 spiro atoms. The van der Waals surface area contributed by atoms with Gasteiger partial charge < -0.3 is 19.8 Å². The van der Waals surface area contributed by atoms with Crippen molar-refractivity contribution in [3.63, 3.8) is 0 Å². The van der Waals surface area contributed by atoms with E-state index in [-0.39, 0.29) is 5.56 Å².